The summed E-state index contributed by atoms with van der Waals surface area (Å²) in [5, 5.41) is 13.2. The summed E-state index contributed by atoms with van der Waals surface area (Å²) in [4.78, 5) is 34.0. The molecule has 0 saturated carbocycles. The molecule has 1 aromatic heterocycles. The fourth-order valence-corrected chi connectivity index (χ4v) is 3.99. The number of anilines is 1. The average Bonchev–Trinajstić information content (AvgIpc) is 2.86. The Labute approximate surface area is 186 Å². The molecule has 4 rings (SSSR count). The normalized spacial score (nSPS) is 14.8. The average molecular weight is 434 g/mol. The number of amides is 2. The minimum absolute atomic E-state index is 0.293. The Bertz CT molecular complexity index is 1110. The van der Waals surface area contributed by atoms with Crippen molar-refractivity contribution in [1.82, 2.24) is 15.2 Å². The number of fused-ring (bicyclic) bond motifs is 1. The third-order valence-corrected chi connectivity index (χ3v) is 5.70. The second-order valence-corrected chi connectivity index (χ2v) is 7.57. The number of ether oxygens (including phenoxy) is 1. The number of carbonyl (C=O) groups excluding carboxylic acids is 2. The maximum absolute atomic E-state index is 13.0. The lowest BCUT2D eigenvalue weighted by Crippen LogP contribution is -2.56. The lowest BCUT2D eigenvalue weighted by molar-refractivity contribution is -0.134. The molecule has 1 aliphatic rings. The zero-order valence-corrected chi connectivity index (χ0v) is 17.9. The van der Waals surface area contributed by atoms with Crippen LogP contribution in [0.5, 0.6) is 5.75 Å². The van der Waals surface area contributed by atoms with Crippen molar-refractivity contribution in [2.75, 3.05) is 44.8 Å². The van der Waals surface area contributed by atoms with Crippen LogP contribution in [0.25, 0.3) is 10.9 Å². The van der Waals surface area contributed by atoms with E-state index in [2.05, 4.69) is 15.2 Å². The van der Waals surface area contributed by atoms with Gasteiger partial charge in [-0.2, -0.15) is 0 Å². The number of rotatable bonds is 6. The Kier molecular flexibility index (Phi) is 6.51. The lowest BCUT2D eigenvalue weighted by Gasteiger charge is -2.37. The van der Waals surface area contributed by atoms with Crippen LogP contribution < -0.4 is 15.0 Å². The molecule has 166 valence electrons. The van der Waals surface area contributed by atoms with Crippen LogP contribution in [-0.2, 0) is 4.79 Å². The van der Waals surface area contributed by atoms with Crippen molar-refractivity contribution in [2.45, 2.75) is 6.04 Å². The summed E-state index contributed by atoms with van der Waals surface area (Å²) in [6, 6.07) is 15.7. The Hall–Kier alpha value is -3.65. The zero-order chi connectivity index (χ0) is 22.5. The molecule has 2 aromatic carbocycles. The fraction of sp³-hybridized carbons (Fsp3) is 0.292. The minimum Gasteiger partial charge on any atom is -0.495 e. The Balaban J connectivity index is 1.42. The van der Waals surface area contributed by atoms with Crippen LogP contribution >= 0.6 is 0 Å². The molecule has 0 aliphatic carbocycles. The molecule has 8 nitrogen and oxygen atoms in total. The number of carbonyl (C=O) groups is 2. The number of aromatic nitrogens is 1. The number of aliphatic hydroxyl groups is 1. The molecule has 1 aliphatic heterocycles. The number of benzene rings is 2. The van der Waals surface area contributed by atoms with Crippen LogP contribution in [0.2, 0.25) is 0 Å². The van der Waals surface area contributed by atoms with Gasteiger partial charge in [0.15, 0.2) is 0 Å². The molecule has 2 heterocycles. The van der Waals surface area contributed by atoms with Crippen molar-refractivity contribution in [1.29, 1.82) is 0 Å². The molecular weight excluding hydrogens is 408 g/mol. The van der Waals surface area contributed by atoms with E-state index in [9.17, 15) is 14.7 Å². The largest absolute Gasteiger partial charge is 0.495 e. The van der Waals surface area contributed by atoms with Gasteiger partial charge in [-0.25, -0.2) is 0 Å². The Morgan fingerprint density at radius 3 is 2.53 bits per heavy atom. The van der Waals surface area contributed by atoms with Crippen molar-refractivity contribution in [3.05, 3.63) is 66.4 Å². The summed E-state index contributed by atoms with van der Waals surface area (Å²) in [6.07, 6.45) is 1.56. The Morgan fingerprint density at radius 2 is 1.78 bits per heavy atom. The van der Waals surface area contributed by atoms with Crippen LogP contribution in [0.4, 0.5) is 5.69 Å². The SMILES string of the molecule is COc1ccccc1N1CCN(C(=O)[C@H](CO)NC(=O)c2ccnc3ccccc23)CC1. The Morgan fingerprint density at radius 1 is 1.06 bits per heavy atom. The standard InChI is InChI=1S/C24H26N4O4/c1-32-22-9-5-4-8-21(22)27-12-14-28(15-13-27)24(31)20(16-29)26-23(30)18-10-11-25-19-7-3-2-6-17(18)19/h2-11,20,29H,12-16H2,1H3,(H,26,30)/t20-/m0/s1. The highest BCUT2D eigenvalue weighted by Gasteiger charge is 2.29. The molecule has 0 spiro atoms. The van der Waals surface area contributed by atoms with Crippen LogP contribution in [0.1, 0.15) is 10.4 Å². The summed E-state index contributed by atoms with van der Waals surface area (Å²) in [5.41, 5.74) is 2.10. The summed E-state index contributed by atoms with van der Waals surface area (Å²) in [6.45, 7) is 1.77. The lowest BCUT2D eigenvalue weighted by atomic mass is 10.1. The topological polar surface area (TPSA) is 95.0 Å². The van der Waals surface area contributed by atoms with Crippen LogP contribution in [0.3, 0.4) is 0 Å². The molecule has 2 amide bonds. The highest BCUT2D eigenvalue weighted by Crippen LogP contribution is 2.28. The molecule has 1 atom stereocenters. The molecule has 0 unspecified atom stereocenters. The molecule has 1 fully saturated rings. The summed E-state index contributed by atoms with van der Waals surface area (Å²) in [7, 11) is 1.64. The molecule has 2 N–H and O–H groups in total. The number of para-hydroxylation sites is 3. The summed E-state index contributed by atoms with van der Waals surface area (Å²) in [5.74, 6) is 0.0832. The van der Waals surface area contributed by atoms with Crippen molar-refractivity contribution in [2.24, 2.45) is 0 Å². The minimum atomic E-state index is -1.01. The van der Waals surface area contributed by atoms with Crippen LogP contribution in [-0.4, -0.2) is 72.7 Å². The van der Waals surface area contributed by atoms with Gasteiger partial charge in [0.25, 0.3) is 5.91 Å². The van der Waals surface area contributed by atoms with Gasteiger partial charge in [0.2, 0.25) is 5.91 Å². The summed E-state index contributed by atoms with van der Waals surface area (Å²) >= 11 is 0. The first-order valence-corrected chi connectivity index (χ1v) is 10.5. The van der Waals surface area contributed by atoms with Gasteiger partial charge in [-0.1, -0.05) is 30.3 Å². The van der Waals surface area contributed by atoms with E-state index in [1.807, 2.05) is 48.5 Å². The van der Waals surface area contributed by atoms with Gasteiger partial charge in [0.1, 0.15) is 11.8 Å². The van der Waals surface area contributed by atoms with Crippen molar-refractivity contribution in [3.8, 4) is 5.75 Å². The van der Waals surface area contributed by atoms with E-state index in [-0.39, 0.29) is 5.91 Å². The number of nitrogens with zero attached hydrogens (tertiary/aromatic N) is 3. The van der Waals surface area contributed by atoms with Gasteiger partial charge in [-0.05, 0) is 24.3 Å². The molecule has 8 heteroatoms. The first-order valence-electron chi connectivity index (χ1n) is 10.5. The first-order chi connectivity index (χ1) is 15.6. The van der Waals surface area contributed by atoms with E-state index in [0.717, 1.165) is 11.4 Å². The third kappa shape index (κ3) is 4.36. The van der Waals surface area contributed by atoms with Gasteiger partial charge in [-0.15, -0.1) is 0 Å². The molecule has 0 bridgehead atoms. The zero-order valence-electron chi connectivity index (χ0n) is 17.9. The van der Waals surface area contributed by atoms with Crippen molar-refractivity contribution < 1.29 is 19.4 Å². The van der Waals surface area contributed by atoms with Crippen LogP contribution in [0.15, 0.2) is 60.8 Å². The number of aliphatic hydroxyl groups excluding tert-OH is 1. The third-order valence-electron chi connectivity index (χ3n) is 5.70. The predicted molar refractivity (Wildman–Crippen MR) is 122 cm³/mol. The van der Waals surface area contributed by atoms with Gasteiger partial charge in [-0.3, -0.25) is 14.6 Å². The van der Waals surface area contributed by atoms with E-state index >= 15 is 0 Å². The second kappa shape index (κ2) is 9.65. The monoisotopic (exact) mass is 434 g/mol. The van der Waals surface area contributed by atoms with Crippen molar-refractivity contribution in [3.63, 3.8) is 0 Å². The van der Waals surface area contributed by atoms with Crippen LogP contribution in [0, 0.1) is 0 Å². The number of methoxy groups -OCH3 is 1. The van der Waals surface area contributed by atoms with Crippen molar-refractivity contribution >= 4 is 28.4 Å². The van der Waals surface area contributed by atoms with E-state index in [1.165, 1.54) is 0 Å². The fourth-order valence-electron chi connectivity index (χ4n) is 3.99. The maximum Gasteiger partial charge on any atom is 0.252 e. The highest BCUT2D eigenvalue weighted by molar-refractivity contribution is 6.07. The first kappa shape index (κ1) is 21.6. The van der Waals surface area contributed by atoms with Gasteiger partial charge in [0, 0.05) is 37.8 Å². The van der Waals surface area contributed by atoms with Gasteiger partial charge < -0.3 is 25.0 Å². The maximum atomic E-state index is 13.0. The van der Waals surface area contributed by atoms with E-state index < -0.39 is 18.6 Å². The summed E-state index contributed by atoms with van der Waals surface area (Å²) < 4.78 is 5.44. The highest BCUT2D eigenvalue weighted by atomic mass is 16.5. The molecule has 32 heavy (non-hydrogen) atoms. The molecule has 0 radical (unpaired) electrons. The van der Waals surface area contributed by atoms with Gasteiger partial charge >= 0.3 is 0 Å². The molecule has 1 saturated heterocycles. The second-order valence-electron chi connectivity index (χ2n) is 7.57. The molecular formula is C24H26N4O4. The van der Waals surface area contributed by atoms with Gasteiger partial charge in [0.05, 0.1) is 30.5 Å². The number of pyridine rings is 1. The van der Waals surface area contributed by atoms with E-state index in [4.69, 9.17) is 4.74 Å². The number of piperazine rings is 1. The number of nitrogens with one attached hydrogen (secondary N) is 1. The van der Waals surface area contributed by atoms with E-state index in [1.54, 1.807) is 24.3 Å². The smallest absolute Gasteiger partial charge is 0.252 e. The number of hydrogen-bond donors (Lipinski definition) is 2. The van der Waals surface area contributed by atoms with E-state index in [0.29, 0.717) is 42.6 Å². The quantitative estimate of drug-likeness (QED) is 0.613. The predicted octanol–water partition coefficient (Wildman–Crippen LogP) is 1.68. The molecule has 3 aromatic rings. The number of hydrogen-bond acceptors (Lipinski definition) is 6.